The van der Waals surface area contributed by atoms with Gasteiger partial charge in [-0.25, -0.2) is 0 Å². The minimum atomic E-state index is -0.0306. The predicted molar refractivity (Wildman–Crippen MR) is 91.9 cm³/mol. The average molecular weight is 317 g/mol. The zero-order chi connectivity index (χ0) is 16.5. The summed E-state index contributed by atoms with van der Waals surface area (Å²) in [6.07, 6.45) is 6.02. The molecular formula is C18H27N3O2. The van der Waals surface area contributed by atoms with E-state index in [1.54, 1.807) is 0 Å². The molecule has 1 aliphatic heterocycles. The molecule has 1 aromatic carbocycles. The van der Waals surface area contributed by atoms with Gasteiger partial charge in [-0.3, -0.25) is 9.59 Å². The van der Waals surface area contributed by atoms with Crippen LogP contribution in [0.25, 0.3) is 0 Å². The molecule has 23 heavy (non-hydrogen) atoms. The lowest BCUT2D eigenvalue weighted by Crippen LogP contribution is -2.35. The topological polar surface area (TPSA) is 75.4 Å². The monoisotopic (exact) mass is 317 g/mol. The van der Waals surface area contributed by atoms with Crippen molar-refractivity contribution in [3.8, 4) is 0 Å². The molecule has 0 atom stereocenters. The molecule has 0 aromatic heterocycles. The third-order valence-electron chi connectivity index (χ3n) is 4.30. The molecule has 0 unspecified atom stereocenters. The van der Waals surface area contributed by atoms with Gasteiger partial charge in [0.2, 0.25) is 11.8 Å². The highest BCUT2D eigenvalue weighted by Crippen LogP contribution is 2.12. The number of likely N-dealkylation sites (tertiary alicyclic amines) is 1. The van der Waals surface area contributed by atoms with Crippen molar-refractivity contribution >= 4 is 17.5 Å². The fraction of sp³-hybridized carbons (Fsp3) is 0.556. The SMILES string of the molecule is Nc1ccccc1CCC(=O)NCCC(=O)N1CCCCCC1. The standard InChI is InChI=1S/C18H27N3O2/c19-16-8-4-3-7-15(16)9-10-17(22)20-12-11-18(23)21-13-5-1-2-6-14-21/h3-4,7-8H,1-2,5-6,9-14,19H2,(H,20,22). The Labute approximate surface area is 138 Å². The molecule has 2 rings (SSSR count). The van der Waals surface area contributed by atoms with Gasteiger partial charge < -0.3 is 16.0 Å². The van der Waals surface area contributed by atoms with Gasteiger partial charge in [-0.2, -0.15) is 0 Å². The highest BCUT2D eigenvalue weighted by molar-refractivity contribution is 5.79. The highest BCUT2D eigenvalue weighted by atomic mass is 16.2. The summed E-state index contributed by atoms with van der Waals surface area (Å²) in [5.74, 6) is 0.122. The zero-order valence-electron chi connectivity index (χ0n) is 13.7. The van der Waals surface area contributed by atoms with Crippen LogP contribution in [0.3, 0.4) is 0 Å². The van der Waals surface area contributed by atoms with Crippen molar-refractivity contribution in [3.63, 3.8) is 0 Å². The second kappa shape index (κ2) is 9.18. The van der Waals surface area contributed by atoms with Gasteiger partial charge in [0.15, 0.2) is 0 Å². The summed E-state index contributed by atoms with van der Waals surface area (Å²) in [6, 6.07) is 7.58. The molecule has 0 saturated carbocycles. The molecule has 0 spiro atoms. The minimum Gasteiger partial charge on any atom is -0.399 e. The van der Waals surface area contributed by atoms with E-state index in [0.717, 1.165) is 37.2 Å². The first kappa shape index (κ1) is 17.3. The molecule has 1 aromatic rings. The van der Waals surface area contributed by atoms with Crippen LogP contribution in [-0.2, 0) is 16.0 Å². The predicted octanol–water partition coefficient (Wildman–Crippen LogP) is 2.11. The molecule has 1 heterocycles. The largest absolute Gasteiger partial charge is 0.399 e. The van der Waals surface area contributed by atoms with E-state index in [1.807, 2.05) is 29.2 Å². The first-order valence-corrected chi connectivity index (χ1v) is 8.54. The van der Waals surface area contributed by atoms with E-state index in [2.05, 4.69) is 5.32 Å². The molecule has 5 heteroatoms. The maximum atomic E-state index is 12.1. The summed E-state index contributed by atoms with van der Waals surface area (Å²) in [7, 11) is 0. The molecule has 0 bridgehead atoms. The minimum absolute atomic E-state index is 0.0306. The number of nitrogens with one attached hydrogen (secondary N) is 1. The average Bonchev–Trinajstić information content (AvgIpc) is 2.83. The maximum Gasteiger partial charge on any atom is 0.224 e. The molecule has 0 radical (unpaired) electrons. The van der Waals surface area contributed by atoms with Crippen molar-refractivity contribution < 1.29 is 9.59 Å². The Morgan fingerprint density at radius 2 is 1.74 bits per heavy atom. The quantitative estimate of drug-likeness (QED) is 0.789. The molecule has 1 saturated heterocycles. The number of nitrogen functional groups attached to an aromatic ring is 1. The maximum absolute atomic E-state index is 12.1. The fourth-order valence-corrected chi connectivity index (χ4v) is 2.89. The Balaban J connectivity index is 1.64. The summed E-state index contributed by atoms with van der Waals surface area (Å²) < 4.78 is 0. The summed E-state index contributed by atoms with van der Waals surface area (Å²) in [5.41, 5.74) is 7.57. The summed E-state index contributed by atoms with van der Waals surface area (Å²) >= 11 is 0. The lowest BCUT2D eigenvalue weighted by atomic mass is 10.1. The van der Waals surface area contributed by atoms with E-state index >= 15 is 0 Å². The van der Waals surface area contributed by atoms with Crippen LogP contribution < -0.4 is 11.1 Å². The van der Waals surface area contributed by atoms with Crippen molar-refractivity contribution in [2.45, 2.75) is 44.9 Å². The van der Waals surface area contributed by atoms with Crippen LogP contribution in [0.15, 0.2) is 24.3 Å². The number of anilines is 1. The van der Waals surface area contributed by atoms with Crippen LogP contribution in [0.5, 0.6) is 0 Å². The van der Waals surface area contributed by atoms with Gasteiger partial charge in [0.1, 0.15) is 0 Å². The number of carbonyl (C=O) groups excluding carboxylic acids is 2. The van der Waals surface area contributed by atoms with Crippen molar-refractivity contribution in [2.75, 3.05) is 25.4 Å². The second-order valence-electron chi connectivity index (χ2n) is 6.09. The Bertz CT molecular complexity index is 523. The molecule has 2 amide bonds. The highest BCUT2D eigenvalue weighted by Gasteiger charge is 2.15. The second-order valence-corrected chi connectivity index (χ2v) is 6.09. The van der Waals surface area contributed by atoms with Gasteiger partial charge in [0.05, 0.1) is 0 Å². The van der Waals surface area contributed by atoms with Gasteiger partial charge in [-0.15, -0.1) is 0 Å². The summed E-state index contributed by atoms with van der Waals surface area (Å²) in [6.45, 7) is 2.14. The van der Waals surface area contributed by atoms with E-state index < -0.39 is 0 Å². The van der Waals surface area contributed by atoms with E-state index in [4.69, 9.17) is 5.73 Å². The van der Waals surface area contributed by atoms with E-state index in [1.165, 1.54) is 12.8 Å². The smallest absolute Gasteiger partial charge is 0.224 e. The number of benzene rings is 1. The number of para-hydroxylation sites is 1. The third kappa shape index (κ3) is 5.93. The molecule has 3 N–H and O–H groups in total. The van der Waals surface area contributed by atoms with Gasteiger partial charge in [-0.1, -0.05) is 31.0 Å². The number of carbonyl (C=O) groups is 2. The summed E-state index contributed by atoms with van der Waals surface area (Å²) in [5, 5.41) is 2.83. The van der Waals surface area contributed by atoms with Crippen LogP contribution in [-0.4, -0.2) is 36.3 Å². The van der Waals surface area contributed by atoms with E-state index in [0.29, 0.717) is 25.8 Å². The molecule has 1 fully saturated rings. The normalized spacial score (nSPS) is 15.0. The molecule has 0 aliphatic carbocycles. The number of rotatable bonds is 6. The fourth-order valence-electron chi connectivity index (χ4n) is 2.89. The van der Waals surface area contributed by atoms with Crippen molar-refractivity contribution in [1.82, 2.24) is 10.2 Å². The molecular weight excluding hydrogens is 290 g/mol. The molecule has 1 aliphatic rings. The van der Waals surface area contributed by atoms with Gasteiger partial charge in [0, 0.05) is 38.2 Å². The number of hydrogen-bond acceptors (Lipinski definition) is 3. The zero-order valence-corrected chi connectivity index (χ0v) is 13.7. The Kier molecular flexibility index (Phi) is 6.91. The van der Waals surface area contributed by atoms with Gasteiger partial charge >= 0.3 is 0 Å². The van der Waals surface area contributed by atoms with Crippen LogP contribution in [0.4, 0.5) is 5.69 Å². The van der Waals surface area contributed by atoms with Crippen molar-refractivity contribution in [1.29, 1.82) is 0 Å². The molecule has 126 valence electrons. The van der Waals surface area contributed by atoms with Gasteiger partial charge in [0.25, 0.3) is 0 Å². The first-order valence-electron chi connectivity index (χ1n) is 8.54. The van der Waals surface area contributed by atoms with Crippen molar-refractivity contribution in [2.24, 2.45) is 0 Å². The van der Waals surface area contributed by atoms with Gasteiger partial charge in [-0.05, 0) is 30.9 Å². The van der Waals surface area contributed by atoms with Crippen LogP contribution >= 0.6 is 0 Å². The van der Waals surface area contributed by atoms with Crippen molar-refractivity contribution in [3.05, 3.63) is 29.8 Å². The van der Waals surface area contributed by atoms with E-state index in [-0.39, 0.29) is 11.8 Å². The van der Waals surface area contributed by atoms with Crippen LogP contribution in [0.2, 0.25) is 0 Å². The lowest BCUT2D eigenvalue weighted by molar-refractivity contribution is -0.131. The Morgan fingerprint density at radius 3 is 2.43 bits per heavy atom. The number of nitrogens with two attached hydrogens (primary N) is 1. The lowest BCUT2D eigenvalue weighted by Gasteiger charge is -2.20. The number of aryl methyl sites for hydroxylation is 1. The molecule has 5 nitrogen and oxygen atoms in total. The van der Waals surface area contributed by atoms with Crippen LogP contribution in [0.1, 0.15) is 44.1 Å². The Hall–Kier alpha value is -2.04. The Morgan fingerprint density at radius 1 is 1.04 bits per heavy atom. The number of hydrogen-bond donors (Lipinski definition) is 2. The number of amides is 2. The third-order valence-corrected chi connectivity index (χ3v) is 4.30. The van der Waals surface area contributed by atoms with Crippen LogP contribution in [0, 0.1) is 0 Å². The first-order chi connectivity index (χ1) is 11.2. The van der Waals surface area contributed by atoms with E-state index in [9.17, 15) is 9.59 Å². The summed E-state index contributed by atoms with van der Waals surface area (Å²) in [4.78, 5) is 25.9. The number of nitrogens with zero attached hydrogens (tertiary/aromatic N) is 1.